The molecule has 182 valence electrons. The minimum Gasteiger partial charge on any atom is -0.377 e. The summed E-state index contributed by atoms with van der Waals surface area (Å²) < 4.78 is 80.2. The number of alkyl halides is 3. The van der Waals surface area contributed by atoms with Crippen molar-refractivity contribution in [3.05, 3.63) is 78.5 Å². The molecule has 0 atom stereocenters. The Bertz CT molecular complexity index is 1480. The minimum atomic E-state index is -4.76. The Morgan fingerprint density at radius 1 is 0.943 bits per heavy atom. The highest BCUT2D eigenvalue weighted by Crippen LogP contribution is 2.39. The molecule has 0 saturated carbocycles. The number of pyridine rings is 1. The van der Waals surface area contributed by atoms with Crippen LogP contribution in [0.5, 0.6) is 0 Å². The fourth-order valence-corrected chi connectivity index (χ4v) is 4.09. The zero-order valence-corrected chi connectivity index (χ0v) is 19.3. The third-order valence-corrected chi connectivity index (χ3v) is 6.17. The van der Waals surface area contributed by atoms with Crippen molar-refractivity contribution in [2.24, 2.45) is 5.14 Å². The topological polar surface area (TPSA) is 94.1 Å². The van der Waals surface area contributed by atoms with Crippen LogP contribution < -0.4 is 10.0 Å². The van der Waals surface area contributed by atoms with E-state index in [0.29, 0.717) is 11.3 Å². The van der Waals surface area contributed by atoms with Crippen LogP contribution in [0.1, 0.15) is 5.69 Å². The van der Waals surface area contributed by atoms with Crippen LogP contribution >= 0.6 is 0 Å². The molecule has 0 aliphatic rings. The lowest BCUT2D eigenvalue weighted by molar-refractivity contribution is -0.141. The first-order valence-electron chi connectivity index (χ1n) is 10.1. The van der Waals surface area contributed by atoms with Gasteiger partial charge in [-0.2, -0.15) is 18.3 Å². The Morgan fingerprint density at radius 2 is 1.57 bits per heavy atom. The van der Waals surface area contributed by atoms with Crippen molar-refractivity contribution in [2.75, 3.05) is 19.0 Å². The first-order valence-corrected chi connectivity index (χ1v) is 11.6. The van der Waals surface area contributed by atoms with Crippen molar-refractivity contribution in [3.63, 3.8) is 0 Å². The molecule has 0 fully saturated rings. The molecule has 0 spiro atoms. The van der Waals surface area contributed by atoms with E-state index in [-0.39, 0.29) is 27.4 Å². The Morgan fingerprint density at radius 3 is 2.11 bits per heavy atom. The summed E-state index contributed by atoms with van der Waals surface area (Å²) in [5, 5.41) is 8.86. The van der Waals surface area contributed by atoms with Gasteiger partial charge in [0.05, 0.1) is 16.3 Å². The van der Waals surface area contributed by atoms with Gasteiger partial charge in [-0.3, -0.25) is 4.98 Å². The Labute approximate surface area is 198 Å². The van der Waals surface area contributed by atoms with Crippen LogP contribution in [0.25, 0.3) is 28.1 Å². The molecule has 2 N–H and O–H groups in total. The number of halogens is 4. The highest BCUT2D eigenvalue weighted by atomic mass is 32.2. The lowest BCUT2D eigenvalue weighted by atomic mass is 9.99. The van der Waals surface area contributed by atoms with Gasteiger partial charge in [-0.25, -0.2) is 22.6 Å². The molecular formula is C23H19F4N5O2S. The van der Waals surface area contributed by atoms with Gasteiger partial charge in [0, 0.05) is 43.3 Å². The summed E-state index contributed by atoms with van der Waals surface area (Å²) in [5.74, 6) is -0.566. The molecule has 0 bridgehead atoms. The van der Waals surface area contributed by atoms with Crippen molar-refractivity contribution < 1.29 is 26.0 Å². The van der Waals surface area contributed by atoms with Crippen LogP contribution in [-0.2, 0) is 16.2 Å². The van der Waals surface area contributed by atoms with Crippen molar-refractivity contribution in [1.29, 1.82) is 0 Å². The van der Waals surface area contributed by atoms with E-state index in [0.717, 1.165) is 10.7 Å². The van der Waals surface area contributed by atoms with E-state index in [9.17, 15) is 21.6 Å². The average Bonchev–Trinajstić information content (AvgIpc) is 3.25. The normalized spacial score (nSPS) is 12.1. The first-order chi connectivity index (χ1) is 16.4. The number of anilines is 1. The van der Waals surface area contributed by atoms with E-state index in [2.05, 4.69) is 10.1 Å². The number of benzene rings is 2. The van der Waals surface area contributed by atoms with Crippen LogP contribution in [0.2, 0.25) is 0 Å². The summed E-state index contributed by atoms with van der Waals surface area (Å²) in [6.45, 7) is 0. The summed E-state index contributed by atoms with van der Waals surface area (Å²) in [5.41, 5.74) is 0.269. The molecule has 7 nitrogen and oxygen atoms in total. The van der Waals surface area contributed by atoms with E-state index in [1.54, 1.807) is 31.1 Å². The minimum absolute atomic E-state index is 0.0275. The van der Waals surface area contributed by atoms with Crippen molar-refractivity contribution in [2.45, 2.75) is 11.1 Å². The van der Waals surface area contributed by atoms with E-state index in [4.69, 9.17) is 5.14 Å². The van der Waals surface area contributed by atoms with Crippen LogP contribution in [-0.4, -0.2) is 37.3 Å². The second-order valence-corrected chi connectivity index (χ2v) is 9.40. The quantitative estimate of drug-likeness (QED) is 0.404. The Kier molecular flexibility index (Phi) is 6.11. The second kappa shape index (κ2) is 8.78. The lowest BCUT2D eigenvalue weighted by Gasteiger charge is -2.20. The molecule has 35 heavy (non-hydrogen) atoms. The molecule has 0 unspecified atom stereocenters. The lowest BCUT2D eigenvalue weighted by Crippen LogP contribution is -2.13. The smallest absolute Gasteiger partial charge is 0.377 e. The molecule has 2 heterocycles. The van der Waals surface area contributed by atoms with Gasteiger partial charge in [-0.1, -0.05) is 0 Å². The SMILES string of the molecule is CN(C)c1cc(F)c(-c2ccncc2)cc1-c1cc(C(F)(F)F)nn1-c1ccc(S(N)(=O)=O)cc1. The number of primary sulfonamides is 1. The maximum Gasteiger partial charge on any atom is 0.435 e. The van der Waals surface area contributed by atoms with Crippen molar-refractivity contribution >= 4 is 15.7 Å². The number of nitrogens with zero attached hydrogens (tertiary/aromatic N) is 4. The van der Waals surface area contributed by atoms with Gasteiger partial charge in [0.15, 0.2) is 5.69 Å². The number of sulfonamides is 1. The second-order valence-electron chi connectivity index (χ2n) is 7.84. The van der Waals surface area contributed by atoms with Gasteiger partial charge >= 0.3 is 6.18 Å². The fraction of sp³-hybridized carbons (Fsp3) is 0.130. The largest absolute Gasteiger partial charge is 0.435 e. The zero-order valence-electron chi connectivity index (χ0n) is 18.5. The molecular weight excluding hydrogens is 486 g/mol. The standard InChI is InChI=1S/C23H19F4N5O2S/c1-31(2)20-12-19(24)17(14-7-9-29-10-8-14)11-18(20)21-13-22(23(25,26)27)30-32(21)15-3-5-16(6-4-15)35(28,33)34/h3-13H,1-2H3,(H2,28,33,34). The van der Waals surface area contributed by atoms with Crippen molar-refractivity contribution in [1.82, 2.24) is 14.8 Å². The van der Waals surface area contributed by atoms with E-state index < -0.39 is 27.7 Å². The molecule has 2 aromatic carbocycles. The number of aromatic nitrogens is 3. The van der Waals surface area contributed by atoms with Gasteiger partial charge in [0.25, 0.3) is 0 Å². The molecule has 0 aliphatic carbocycles. The molecule has 4 rings (SSSR count). The number of rotatable bonds is 5. The van der Waals surface area contributed by atoms with Crippen LogP contribution in [0, 0.1) is 5.82 Å². The van der Waals surface area contributed by atoms with Crippen LogP contribution in [0.4, 0.5) is 23.2 Å². The molecule has 0 aliphatic heterocycles. The summed E-state index contributed by atoms with van der Waals surface area (Å²) in [7, 11) is -0.733. The van der Waals surface area contributed by atoms with Crippen LogP contribution in [0.3, 0.4) is 0 Å². The monoisotopic (exact) mass is 505 g/mol. The van der Waals surface area contributed by atoms with Gasteiger partial charge in [0.1, 0.15) is 5.82 Å². The third kappa shape index (κ3) is 4.88. The third-order valence-electron chi connectivity index (χ3n) is 5.24. The summed E-state index contributed by atoms with van der Waals surface area (Å²) in [4.78, 5) is 5.28. The summed E-state index contributed by atoms with van der Waals surface area (Å²) in [6.07, 6.45) is -1.80. The Balaban J connectivity index is 2.00. The number of hydrogen-bond acceptors (Lipinski definition) is 5. The molecule has 0 radical (unpaired) electrons. The van der Waals surface area contributed by atoms with E-state index >= 15 is 4.39 Å². The molecule has 2 aromatic heterocycles. The summed E-state index contributed by atoms with van der Waals surface area (Å²) in [6, 6.07) is 11.6. The number of nitrogens with two attached hydrogens (primary N) is 1. The first kappa shape index (κ1) is 24.4. The fourth-order valence-electron chi connectivity index (χ4n) is 3.58. The van der Waals surface area contributed by atoms with Crippen LogP contribution in [0.15, 0.2) is 71.9 Å². The zero-order chi connectivity index (χ0) is 25.5. The average molecular weight is 505 g/mol. The van der Waals surface area contributed by atoms with E-state index in [1.165, 1.54) is 48.8 Å². The predicted octanol–water partition coefficient (Wildman–Crippen LogP) is 4.47. The predicted molar refractivity (Wildman–Crippen MR) is 123 cm³/mol. The van der Waals surface area contributed by atoms with Gasteiger partial charge in [-0.05, 0) is 60.2 Å². The van der Waals surface area contributed by atoms with E-state index in [1.807, 2.05) is 0 Å². The van der Waals surface area contributed by atoms with Gasteiger partial charge in [0.2, 0.25) is 10.0 Å². The summed E-state index contributed by atoms with van der Waals surface area (Å²) >= 11 is 0. The molecule has 12 heteroatoms. The van der Waals surface area contributed by atoms with Gasteiger partial charge in [-0.15, -0.1) is 0 Å². The molecule has 0 saturated heterocycles. The highest BCUT2D eigenvalue weighted by molar-refractivity contribution is 7.89. The highest BCUT2D eigenvalue weighted by Gasteiger charge is 2.36. The van der Waals surface area contributed by atoms with Gasteiger partial charge < -0.3 is 4.90 Å². The van der Waals surface area contributed by atoms with Crippen molar-refractivity contribution in [3.8, 4) is 28.1 Å². The molecule has 0 amide bonds. The maximum absolute atomic E-state index is 15.0. The molecule has 4 aromatic rings. The maximum atomic E-state index is 15.0. The number of hydrogen-bond donors (Lipinski definition) is 1. The Hall–Kier alpha value is -3.77.